The van der Waals surface area contributed by atoms with Crippen LogP contribution in [0.2, 0.25) is 0 Å². The summed E-state index contributed by atoms with van der Waals surface area (Å²) >= 11 is 0. The Bertz CT molecular complexity index is 1040. The summed E-state index contributed by atoms with van der Waals surface area (Å²) in [5.74, 6) is 0.860. The van der Waals surface area contributed by atoms with Crippen LogP contribution in [0.3, 0.4) is 0 Å². The molecule has 0 radical (unpaired) electrons. The highest BCUT2D eigenvalue weighted by atomic mass is 32.2. The van der Waals surface area contributed by atoms with Gasteiger partial charge < -0.3 is 9.47 Å². The van der Waals surface area contributed by atoms with E-state index in [1.54, 1.807) is 22.9 Å². The van der Waals surface area contributed by atoms with Gasteiger partial charge in [0, 0.05) is 22.9 Å². The van der Waals surface area contributed by atoms with Crippen LogP contribution in [-0.2, 0) is 9.84 Å². The molecular formula is C19H24N4O5S. The molecule has 0 bridgehead atoms. The molecule has 1 fully saturated rings. The molecule has 1 aromatic carbocycles. The summed E-state index contributed by atoms with van der Waals surface area (Å²) in [5.41, 5.74) is 5.10. The van der Waals surface area contributed by atoms with Crippen molar-refractivity contribution in [2.75, 3.05) is 25.7 Å². The molecule has 2 heterocycles. The highest BCUT2D eigenvalue weighted by Gasteiger charge is 2.31. The second-order valence-electron chi connectivity index (χ2n) is 6.89. The third kappa shape index (κ3) is 4.58. The second kappa shape index (κ2) is 8.24. The zero-order chi connectivity index (χ0) is 21.2. The average Bonchev–Trinajstić information content (AvgIpc) is 3.20. The minimum atomic E-state index is -3.01. The quantitative estimate of drug-likeness (QED) is 0.562. The summed E-state index contributed by atoms with van der Waals surface area (Å²) in [6.07, 6.45) is 2.07. The van der Waals surface area contributed by atoms with Crippen molar-refractivity contribution >= 4 is 22.0 Å². The van der Waals surface area contributed by atoms with Gasteiger partial charge in [-0.3, -0.25) is 9.48 Å². The fraction of sp³-hybridized carbons (Fsp3) is 0.421. The van der Waals surface area contributed by atoms with Crippen molar-refractivity contribution in [3.05, 3.63) is 40.7 Å². The molecule has 1 aliphatic rings. The van der Waals surface area contributed by atoms with Gasteiger partial charge in [-0.25, -0.2) is 13.8 Å². The third-order valence-electron chi connectivity index (χ3n) is 4.91. The number of ether oxygens (including phenoxy) is 2. The summed E-state index contributed by atoms with van der Waals surface area (Å²) < 4.78 is 35.6. The van der Waals surface area contributed by atoms with E-state index in [4.69, 9.17) is 9.47 Å². The predicted molar refractivity (Wildman–Crippen MR) is 109 cm³/mol. The van der Waals surface area contributed by atoms with Gasteiger partial charge in [-0.2, -0.15) is 10.2 Å². The van der Waals surface area contributed by atoms with Crippen LogP contribution in [0.1, 0.15) is 39.8 Å². The van der Waals surface area contributed by atoms with Crippen molar-refractivity contribution in [3.63, 3.8) is 0 Å². The number of rotatable bonds is 6. The van der Waals surface area contributed by atoms with Gasteiger partial charge in [0.05, 0.1) is 43.7 Å². The molecule has 1 saturated heterocycles. The Labute approximate surface area is 169 Å². The monoisotopic (exact) mass is 420 g/mol. The second-order valence-corrected chi connectivity index (χ2v) is 9.12. The number of aromatic nitrogens is 2. The molecule has 1 aromatic heterocycles. The predicted octanol–water partition coefficient (Wildman–Crippen LogP) is 1.64. The lowest BCUT2D eigenvalue weighted by Gasteiger charge is -2.10. The molecule has 10 heteroatoms. The van der Waals surface area contributed by atoms with Gasteiger partial charge in [0.1, 0.15) is 11.5 Å². The number of aryl methyl sites for hydroxylation is 1. The highest BCUT2D eigenvalue weighted by molar-refractivity contribution is 7.91. The van der Waals surface area contributed by atoms with E-state index in [0.29, 0.717) is 29.2 Å². The molecular weight excluding hydrogens is 396 g/mol. The Hall–Kier alpha value is -2.88. The van der Waals surface area contributed by atoms with Crippen LogP contribution >= 0.6 is 0 Å². The first-order valence-corrected chi connectivity index (χ1v) is 10.9. The molecule has 156 valence electrons. The maximum atomic E-state index is 12.4. The first-order chi connectivity index (χ1) is 13.7. The van der Waals surface area contributed by atoms with Gasteiger partial charge in [0.25, 0.3) is 5.91 Å². The maximum absolute atomic E-state index is 12.4. The average molecular weight is 420 g/mol. The molecule has 1 N–H and O–H groups in total. The SMILES string of the molecule is COc1cc(OC)cc(C(=O)N/N=C\c2c(C)nn([C@@H]3CCS(=O)(=O)C3)c2C)c1. The number of hydrogen-bond acceptors (Lipinski definition) is 7. The van der Waals surface area contributed by atoms with Crippen molar-refractivity contribution in [3.8, 4) is 11.5 Å². The summed E-state index contributed by atoms with van der Waals surface area (Å²) in [5, 5.41) is 8.52. The topological polar surface area (TPSA) is 112 Å². The van der Waals surface area contributed by atoms with E-state index >= 15 is 0 Å². The number of benzene rings is 1. The molecule has 0 unspecified atom stereocenters. The van der Waals surface area contributed by atoms with Crippen molar-refractivity contribution in [2.45, 2.75) is 26.3 Å². The zero-order valence-electron chi connectivity index (χ0n) is 16.8. The number of carbonyl (C=O) groups is 1. The van der Waals surface area contributed by atoms with Gasteiger partial charge >= 0.3 is 0 Å². The fourth-order valence-corrected chi connectivity index (χ4v) is 5.04. The molecule has 29 heavy (non-hydrogen) atoms. The van der Waals surface area contributed by atoms with Gasteiger partial charge in [-0.15, -0.1) is 0 Å². The van der Waals surface area contributed by atoms with E-state index in [2.05, 4.69) is 15.6 Å². The number of hydrogen-bond donors (Lipinski definition) is 1. The van der Waals surface area contributed by atoms with E-state index in [0.717, 1.165) is 11.3 Å². The molecule has 1 amide bonds. The van der Waals surface area contributed by atoms with Crippen LogP contribution in [0.25, 0.3) is 0 Å². The van der Waals surface area contributed by atoms with E-state index in [-0.39, 0.29) is 17.5 Å². The molecule has 0 saturated carbocycles. The minimum absolute atomic E-state index is 0.0972. The molecule has 9 nitrogen and oxygen atoms in total. The number of nitrogens with one attached hydrogen (secondary N) is 1. The Kier molecular flexibility index (Phi) is 5.92. The number of hydrazone groups is 1. The van der Waals surface area contributed by atoms with E-state index in [9.17, 15) is 13.2 Å². The van der Waals surface area contributed by atoms with Crippen LogP contribution in [0.15, 0.2) is 23.3 Å². The van der Waals surface area contributed by atoms with E-state index in [1.807, 2.05) is 13.8 Å². The number of amides is 1. The summed E-state index contributed by atoms with van der Waals surface area (Å²) in [6, 6.07) is 4.68. The molecule has 0 aliphatic carbocycles. The van der Waals surface area contributed by atoms with Gasteiger partial charge in [-0.1, -0.05) is 0 Å². The fourth-order valence-electron chi connectivity index (χ4n) is 3.34. The first kappa shape index (κ1) is 20.8. The zero-order valence-corrected chi connectivity index (χ0v) is 17.6. The molecule has 2 aromatic rings. The Morgan fingerprint density at radius 1 is 1.24 bits per heavy atom. The summed E-state index contributed by atoms with van der Waals surface area (Å²) in [7, 11) is 0.00838. The normalized spacial score (nSPS) is 18.1. The largest absolute Gasteiger partial charge is 0.497 e. The van der Waals surface area contributed by atoms with Crippen LogP contribution in [0.5, 0.6) is 11.5 Å². The van der Waals surface area contributed by atoms with Crippen LogP contribution in [0, 0.1) is 13.8 Å². The standard InChI is InChI=1S/C19H24N4O5S/c1-12-18(13(2)23(22-12)15-5-6-29(25,26)11-15)10-20-21-19(24)14-7-16(27-3)9-17(8-14)28-4/h7-10,15H,5-6,11H2,1-4H3,(H,21,24)/b20-10-/t15-/m1/s1. The van der Waals surface area contributed by atoms with Crippen molar-refractivity contribution in [2.24, 2.45) is 5.10 Å². The summed E-state index contributed by atoms with van der Waals surface area (Å²) in [4.78, 5) is 12.4. The minimum Gasteiger partial charge on any atom is -0.497 e. The highest BCUT2D eigenvalue weighted by Crippen LogP contribution is 2.26. The van der Waals surface area contributed by atoms with E-state index in [1.165, 1.54) is 20.4 Å². The van der Waals surface area contributed by atoms with Crippen LogP contribution < -0.4 is 14.9 Å². The number of sulfone groups is 1. The molecule has 1 aliphatic heterocycles. The Morgan fingerprint density at radius 3 is 2.45 bits per heavy atom. The first-order valence-electron chi connectivity index (χ1n) is 9.06. The third-order valence-corrected chi connectivity index (χ3v) is 6.66. The lowest BCUT2D eigenvalue weighted by Crippen LogP contribution is -2.18. The number of nitrogens with zero attached hydrogens (tertiary/aromatic N) is 3. The Morgan fingerprint density at radius 2 is 1.90 bits per heavy atom. The van der Waals surface area contributed by atoms with Crippen molar-refractivity contribution in [1.29, 1.82) is 0 Å². The number of carbonyl (C=O) groups excluding carboxylic acids is 1. The van der Waals surface area contributed by atoms with Gasteiger partial charge in [0.15, 0.2) is 9.84 Å². The lowest BCUT2D eigenvalue weighted by molar-refractivity contribution is 0.0954. The van der Waals surface area contributed by atoms with Gasteiger partial charge in [0.2, 0.25) is 0 Å². The van der Waals surface area contributed by atoms with Crippen LogP contribution in [0.4, 0.5) is 0 Å². The molecule has 1 atom stereocenters. The molecule has 0 spiro atoms. The van der Waals surface area contributed by atoms with Crippen molar-refractivity contribution < 1.29 is 22.7 Å². The van der Waals surface area contributed by atoms with Crippen LogP contribution in [-0.4, -0.2) is 56.0 Å². The molecule has 3 rings (SSSR count). The van der Waals surface area contributed by atoms with E-state index < -0.39 is 15.7 Å². The van der Waals surface area contributed by atoms with Gasteiger partial charge in [-0.05, 0) is 32.4 Å². The number of methoxy groups -OCH3 is 2. The maximum Gasteiger partial charge on any atom is 0.271 e. The Balaban J connectivity index is 1.75. The summed E-state index contributed by atoms with van der Waals surface area (Å²) in [6.45, 7) is 3.68. The van der Waals surface area contributed by atoms with Crippen molar-refractivity contribution in [1.82, 2.24) is 15.2 Å². The smallest absolute Gasteiger partial charge is 0.271 e. The lowest BCUT2D eigenvalue weighted by atomic mass is 10.2.